The summed E-state index contributed by atoms with van der Waals surface area (Å²) in [5.41, 5.74) is 1.47. The maximum absolute atomic E-state index is 10.4. The summed E-state index contributed by atoms with van der Waals surface area (Å²) in [4.78, 5) is 6.63. The maximum atomic E-state index is 10.4. The van der Waals surface area contributed by atoms with Crippen molar-refractivity contribution in [1.82, 2.24) is 14.6 Å². The Kier molecular flexibility index (Phi) is 3.03. The number of fused-ring (bicyclic) bond motifs is 1. The Bertz CT molecular complexity index is 662. The van der Waals surface area contributed by atoms with Crippen LogP contribution in [0.25, 0.3) is 5.52 Å². The molecule has 1 fully saturated rings. The van der Waals surface area contributed by atoms with Crippen molar-refractivity contribution in [3.8, 4) is 0 Å². The highest BCUT2D eigenvalue weighted by Crippen LogP contribution is 2.34. The van der Waals surface area contributed by atoms with Gasteiger partial charge in [-0.05, 0) is 12.0 Å². The van der Waals surface area contributed by atoms with Gasteiger partial charge in [0.1, 0.15) is 11.1 Å². The molecule has 0 radical (unpaired) electrons. The summed E-state index contributed by atoms with van der Waals surface area (Å²) in [6.45, 7) is 11.8. The number of hydrogen-bond donors (Lipinski definition) is 1. The van der Waals surface area contributed by atoms with E-state index in [1.54, 1.807) is 6.20 Å². The smallest absolute Gasteiger partial charge is 0.154 e. The lowest BCUT2D eigenvalue weighted by molar-refractivity contribution is -0.0303. The van der Waals surface area contributed by atoms with Crippen LogP contribution in [-0.2, 0) is 5.41 Å². The van der Waals surface area contributed by atoms with Crippen LogP contribution >= 0.6 is 0 Å². The molecule has 3 rings (SSSR count). The zero-order chi connectivity index (χ0) is 15.4. The molecule has 0 aromatic carbocycles. The number of nitrogens with zero attached hydrogens (tertiary/aromatic N) is 4. The minimum atomic E-state index is -0.596. The van der Waals surface area contributed by atoms with E-state index in [1.807, 2.05) is 10.7 Å². The van der Waals surface area contributed by atoms with Crippen molar-refractivity contribution < 1.29 is 5.11 Å². The molecule has 2 aromatic rings. The predicted molar refractivity (Wildman–Crippen MR) is 83.7 cm³/mol. The van der Waals surface area contributed by atoms with Crippen molar-refractivity contribution in [2.75, 3.05) is 18.0 Å². The number of rotatable bonds is 2. The fourth-order valence-electron chi connectivity index (χ4n) is 2.65. The second kappa shape index (κ2) is 4.44. The van der Waals surface area contributed by atoms with Gasteiger partial charge in [-0.15, -0.1) is 0 Å². The predicted octanol–water partition coefficient (Wildman–Crippen LogP) is 2.23. The molecule has 5 nitrogen and oxygen atoms in total. The van der Waals surface area contributed by atoms with E-state index >= 15 is 0 Å². The number of aromatic nitrogens is 3. The molecule has 3 heterocycles. The maximum Gasteiger partial charge on any atom is 0.154 e. The minimum absolute atomic E-state index is 0.0108. The summed E-state index contributed by atoms with van der Waals surface area (Å²) < 4.78 is 1.88. The second-order valence-corrected chi connectivity index (χ2v) is 7.47. The zero-order valence-corrected chi connectivity index (χ0v) is 13.5. The van der Waals surface area contributed by atoms with Gasteiger partial charge in [-0.2, -0.15) is 5.10 Å². The van der Waals surface area contributed by atoms with Crippen LogP contribution in [-0.4, -0.2) is 38.4 Å². The van der Waals surface area contributed by atoms with Crippen molar-refractivity contribution in [3.05, 3.63) is 24.2 Å². The fraction of sp³-hybridized carbons (Fsp3) is 0.625. The van der Waals surface area contributed by atoms with Crippen LogP contribution in [0, 0.1) is 5.92 Å². The van der Waals surface area contributed by atoms with Crippen LogP contribution in [0.2, 0.25) is 0 Å². The summed E-state index contributed by atoms with van der Waals surface area (Å²) in [5, 5.41) is 15.1. The van der Waals surface area contributed by atoms with Crippen LogP contribution in [0.5, 0.6) is 0 Å². The van der Waals surface area contributed by atoms with Crippen LogP contribution < -0.4 is 4.90 Å². The Hall–Kier alpha value is -1.62. The Labute approximate surface area is 125 Å². The molecule has 0 amide bonds. The van der Waals surface area contributed by atoms with Gasteiger partial charge in [-0.1, -0.05) is 34.6 Å². The molecule has 1 saturated heterocycles. The first kappa shape index (κ1) is 14.3. The fourth-order valence-corrected chi connectivity index (χ4v) is 2.65. The summed E-state index contributed by atoms with van der Waals surface area (Å²) >= 11 is 0. The first-order chi connectivity index (χ1) is 9.71. The molecule has 114 valence electrons. The number of anilines is 1. The average Bonchev–Trinajstić information content (AvgIpc) is 2.78. The average molecular weight is 288 g/mol. The van der Waals surface area contributed by atoms with Crippen molar-refractivity contribution in [3.63, 3.8) is 0 Å². The van der Waals surface area contributed by atoms with Crippen molar-refractivity contribution in [2.24, 2.45) is 5.92 Å². The minimum Gasteiger partial charge on any atom is -0.386 e. The van der Waals surface area contributed by atoms with Crippen LogP contribution in [0.3, 0.4) is 0 Å². The topological polar surface area (TPSA) is 53.7 Å². The summed E-state index contributed by atoms with van der Waals surface area (Å²) in [6.07, 6.45) is 3.65. The Morgan fingerprint density at radius 3 is 2.52 bits per heavy atom. The Balaban J connectivity index is 1.96. The van der Waals surface area contributed by atoms with Crippen molar-refractivity contribution in [2.45, 2.75) is 45.6 Å². The molecule has 1 aliphatic heterocycles. The Morgan fingerprint density at radius 1 is 1.29 bits per heavy atom. The normalized spacial score (nSPS) is 18.3. The van der Waals surface area contributed by atoms with Gasteiger partial charge in [0.15, 0.2) is 5.82 Å². The second-order valence-electron chi connectivity index (χ2n) is 7.47. The monoisotopic (exact) mass is 288 g/mol. The lowest BCUT2D eigenvalue weighted by Gasteiger charge is -2.49. The molecule has 21 heavy (non-hydrogen) atoms. The third-order valence-corrected chi connectivity index (χ3v) is 4.44. The molecular formula is C16H24N4O. The van der Waals surface area contributed by atoms with Crippen molar-refractivity contribution >= 4 is 11.3 Å². The summed E-state index contributed by atoms with van der Waals surface area (Å²) in [7, 11) is 0. The standard InChI is InChI=1S/C16H24N4O/c1-11(2)16(21)9-19(10-16)14-12-8-13(15(3,4)5)18-20(12)7-6-17-14/h6-8,11,21H,9-10H2,1-5H3. The zero-order valence-electron chi connectivity index (χ0n) is 13.5. The number of hydrogen-bond acceptors (Lipinski definition) is 4. The largest absolute Gasteiger partial charge is 0.386 e. The lowest BCUT2D eigenvalue weighted by Crippen LogP contribution is -2.65. The van der Waals surface area contributed by atoms with E-state index in [0.717, 1.165) is 17.0 Å². The van der Waals surface area contributed by atoms with E-state index < -0.39 is 5.60 Å². The molecular weight excluding hydrogens is 264 g/mol. The van der Waals surface area contributed by atoms with Gasteiger partial charge in [0, 0.05) is 17.8 Å². The molecule has 1 aliphatic rings. The van der Waals surface area contributed by atoms with E-state index in [0.29, 0.717) is 13.1 Å². The first-order valence-corrected chi connectivity index (χ1v) is 7.53. The molecule has 2 aromatic heterocycles. The number of β-amino-alcohol motifs (C(OH)–C–C–N with tert-alkyl or cyclic N) is 1. The SMILES string of the molecule is CC(C)C1(O)CN(c2nccn3nc(C(C)(C)C)cc23)C1. The molecule has 0 atom stereocenters. The Morgan fingerprint density at radius 2 is 1.95 bits per heavy atom. The third-order valence-electron chi connectivity index (χ3n) is 4.44. The van der Waals surface area contributed by atoms with Gasteiger partial charge in [-0.25, -0.2) is 9.50 Å². The van der Waals surface area contributed by atoms with E-state index in [1.165, 1.54) is 0 Å². The van der Waals surface area contributed by atoms with E-state index in [4.69, 9.17) is 0 Å². The highest BCUT2D eigenvalue weighted by Gasteiger charge is 2.44. The van der Waals surface area contributed by atoms with Gasteiger partial charge in [-0.3, -0.25) is 0 Å². The van der Waals surface area contributed by atoms with E-state index in [2.05, 4.69) is 55.7 Å². The molecule has 0 saturated carbocycles. The number of aliphatic hydroxyl groups is 1. The van der Waals surface area contributed by atoms with Crippen LogP contribution in [0.15, 0.2) is 18.5 Å². The van der Waals surface area contributed by atoms with Gasteiger partial charge in [0.2, 0.25) is 0 Å². The van der Waals surface area contributed by atoms with Gasteiger partial charge in [0.05, 0.1) is 18.8 Å². The third kappa shape index (κ3) is 2.29. The molecule has 0 unspecified atom stereocenters. The van der Waals surface area contributed by atoms with E-state index in [9.17, 15) is 5.11 Å². The highest BCUT2D eigenvalue weighted by atomic mass is 16.3. The van der Waals surface area contributed by atoms with Gasteiger partial charge in [0.25, 0.3) is 0 Å². The van der Waals surface area contributed by atoms with Crippen LogP contribution in [0.1, 0.15) is 40.3 Å². The van der Waals surface area contributed by atoms with Crippen molar-refractivity contribution in [1.29, 1.82) is 0 Å². The molecule has 1 N–H and O–H groups in total. The lowest BCUT2D eigenvalue weighted by atomic mass is 9.83. The first-order valence-electron chi connectivity index (χ1n) is 7.53. The quantitative estimate of drug-likeness (QED) is 0.921. The summed E-state index contributed by atoms with van der Waals surface area (Å²) in [6, 6.07) is 2.11. The molecule has 0 aliphatic carbocycles. The van der Waals surface area contributed by atoms with E-state index in [-0.39, 0.29) is 11.3 Å². The highest BCUT2D eigenvalue weighted by molar-refractivity contribution is 5.70. The van der Waals surface area contributed by atoms with Gasteiger partial charge >= 0.3 is 0 Å². The molecule has 5 heteroatoms. The molecule has 0 bridgehead atoms. The summed E-state index contributed by atoms with van der Waals surface area (Å²) in [5.74, 6) is 1.16. The molecule has 0 spiro atoms. The van der Waals surface area contributed by atoms with Gasteiger partial charge < -0.3 is 10.0 Å². The van der Waals surface area contributed by atoms with Crippen LogP contribution in [0.4, 0.5) is 5.82 Å².